The van der Waals surface area contributed by atoms with E-state index in [9.17, 15) is 4.57 Å². The Balaban J connectivity index is 2.62. The van der Waals surface area contributed by atoms with Crippen LogP contribution in [0.5, 0.6) is 0 Å². The molecular weight excluding hydrogens is 175 g/mol. The standard InChI is InChI=1S/C7H17N2O2P/c1-7(2)5-8-12(10,9(3)4)11-6-7/h5-6H2,1-4H3,(H,8,10). The molecule has 0 bridgehead atoms. The molecular formula is C7H17N2O2P. The molecule has 0 spiro atoms. The highest BCUT2D eigenvalue weighted by Gasteiger charge is 2.36. The van der Waals surface area contributed by atoms with Gasteiger partial charge in [-0.2, -0.15) is 0 Å². The maximum absolute atomic E-state index is 11.8. The van der Waals surface area contributed by atoms with Crippen LogP contribution in [-0.4, -0.2) is 31.9 Å². The summed E-state index contributed by atoms with van der Waals surface area (Å²) in [4.78, 5) is 0. The summed E-state index contributed by atoms with van der Waals surface area (Å²) in [6.45, 7) is 5.45. The molecule has 1 saturated heterocycles. The smallest absolute Gasteiger partial charge is 0.305 e. The van der Waals surface area contributed by atoms with Crippen LogP contribution in [0.15, 0.2) is 0 Å². The summed E-state index contributed by atoms with van der Waals surface area (Å²) in [7, 11) is 0.830. The summed E-state index contributed by atoms with van der Waals surface area (Å²) in [6, 6.07) is 0. The van der Waals surface area contributed by atoms with Gasteiger partial charge in [-0.3, -0.25) is 4.57 Å². The molecule has 12 heavy (non-hydrogen) atoms. The summed E-state index contributed by atoms with van der Waals surface area (Å²) >= 11 is 0. The van der Waals surface area contributed by atoms with Gasteiger partial charge in [0.15, 0.2) is 0 Å². The third kappa shape index (κ3) is 2.07. The zero-order valence-electron chi connectivity index (χ0n) is 8.13. The summed E-state index contributed by atoms with van der Waals surface area (Å²) in [5.74, 6) is 0. The van der Waals surface area contributed by atoms with Crippen molar-refractivity contribution >= 4 is 7.67 Å². The molecule has 1 aliphatic heterocycles. The lowest BCUT2D eigenvalue weighted by molar-refractivity contribution is 0.138. The van der Waals surface area contributed by atoms with Crippen LogP contribution in [0.3, 0.4) is 0 Å². The van der Waals surface area contributed by atoms with E-state index in [1.807, 2.05) is 0 Å². The van der Waals surface area contributed by atoms with Crippen molar-refractivity contribution in [2.75, 3.05) is 27.2 Å². The van der Waals surface area contributed by atoms with Gasteiger partial charge in [-0.25, -0.2) is 9.76 Å². The normalized spacial score (nSPS) is 35.4. The average molecular weight is 192 g/mol. The third-order valence-corrected chi connectivity index (χ3v) is 4.00. The van der Waals surface area contributed by atoms with Gasteiger partial charge in [0.1, 0.15) is 0 Å². The Morgan fingerprint density at radius 2 is 2.08 bits per heavy atom. The lowest BCUT2D eigenvalue weighted by atomic mass is 9.96. The molecule has 5 heteroatoms. The minimum atomic E-state index is -2.68. The lowest BCUT2D eigenvalue weighted by Crippen LogP contribution is -2.40. The van der Waals surface area contributed by atoms with Crippen LogP contribution in [0.1, 0.15) is 13.8 Å². The monoisotopic (exact) mass is 192 g/mol. The topological polar surface area (TPSA) is 41.6 Å². The fourth-order valence-corrected chi connectivity index (χ4v) is 2.69. The van der Waals surface area contributed by atoms with E-state index >= 15 is 0 Å². The van der Waals surface area contributed by atoms with E-state index in [1.54, 1.807) is 18.8 Å². The molecule has 1 N–H and O–H groups in total. The highest BCUT2D eigenvalue weighted by atomic mass is 31.2. The molecule has 0 aromatic heterocycles. The first-order valence-corrected chi connectivity index (χ1v) is 5.61. The van der Waals surface area contributed by atoms with Crippen molar-refractivity contribution in [1.82, 2.24) is 9.76 Å². The quantitative estimate of drug-likeness (QED) is 0.636. The first-order chi connectivity index (χ1) is 5.36. The van der Waals surface area contributed by atoms with Gasteiger partial charge in [-0.1, -0.05) is 13.8 Å². The van der Waals surface area contributed by atoms with Crippen molar-refractivity contribution in [3.8, 4) is 0 Å². The van der Waals surface area contributed by atoms with Gasteiger partial charge >= 0.3 is 7.67 Å². The van der Waals surface area contributed by atoms with Crippen molar-refractivity contribution in [2.45, 2.75) is 13.8 Å². The Morgan fingerprint density at radius 1 is 1.50 bits per heavy atom. The Kier molecular flexibility index (Phi) is 2.64. The Hall–Kier alpha value is 0.110. The molecule has 1 unspecified atom stereocenters. The number of nitrogens with one attached hydrogen (secondary N) is 1. The number of hydrogen-bond acceptors (Lipinski definition) is 2. The molecule has 72 valence electrons. The van der Waals surface area contributed by atoms with Crippen molar-refractivity contribution in [1.29, 1.82) is 0 Å². The van der Waals surface area contributed by atoms with Crippen LogP contribution in [0.2, 0.25) is 0 Å². The van der Waals surface area contributed by atoms with E-state index in [2.05, 4.69) is 18.9 Å². The summed E-state index contributed by atoms with van der Waals surface area (Å²) in [6.07, 6.45) is 0. The predicted molar refractivity (Wildman–Crippen MR) is 49.0 cm³/mol. The van der Waals surface area contributed by atoms with Crippen LogP contribution in [-0.2, 0) is 9.09 Å². The highest BCUT2D eigenvalue weighted by molar-refractivity contribution is 7.54. The van der Waals surface area contributed by atoms with Gasteiger partial charge in [-0.05, 0) is 14.1 Å². The molecule has 0 aliphatic carbocycles. The van der Waals surface area contributed by atoms with Crippen LogP contribution in [0.4, 0.5) is 0 Å². The Morgan fingerprint density at radius 3 is 2.42 bits per heavy atom. The molecule has 1 fully saturated rings. The van der Waals surface area contributed by atoms with Crippen LogP contribution >= 0.6 is 7.67 Å². The van der Waals surface area contributed by atoms with Crippen LogP contribution in [0, 0.1) is 5.41 Å². The van der Waals surface area contributed by atoms with Crippen molar-refractivity contribution in [2.24, 2.45) is 5.41 Å². The van der Waals surface area contributed by atoms with Gasteiger partial charge in [-0.15, -0.1) is 0 Å². The van der Waals surface area contributed by atoms with E-state index in [4.69, 9.17) is 4.52 Å². The molecule has 1 rings (SSSR count). The SMILES string of the molecule is CN(C)P1(=O)NCC(C)(C)CO1. The van der Waals surface area contributed by atoms with Gasteiger partial charge in [0.2, 0.25) is 0 Å². The van der Waals surface area contributed by atoms with Gasteiger partial charge in [0.05, 0.1) is 6.61 Å². The van der Waals surface area contributed by atoms with E-state index in [0.717, 1.165) is 6.54 Å². The number of rotatable bonds is 1. The second-order valence-electron chi connectivity index (χ2n) is 4.14. The summed E-state index contributed by atoms with van der Waals surface area (Å²) in [5.41, 5.74) is 0.0872. The third-order valence-electron chi connectivity index (χ3n) is 1.91. The van der Waals surface area contributed by atoms with Crippen molar-refractivity contribution in [3.63, 3.8) is 0 Å². The molecule has 1 aliphatic rings. The molecule has 1 heterocycles. The molecule has 4 nitrogen and oxygen atoms in total. The van der Waals surface area contributed by atoms with Gasteiger partial charge < -0.3 is 4.52 Å². The first kappa shape index (κ1) is 10.2. The molecule has 0 radical (unpaired) electrons. The Labute approximate surface area is 73.8 Å². The lowest BCUT2D eigenvalue weighted by Gasteiger charge is -2.37. The van der Waals surface area contributed by atoms with Crippen molar-refractivity contribution in [3.05, 3.63) is 0 Å². The fraction of sp³-hybridized carbons (Fsp3) is 1.00. The number of nitrogens with zero attached hydrogens (tertiary/aromatic N) is 1. The maximum atomic E-state index is 11.8. The minimum absolute atomic E-state index is 0.0872. The highest BCUT2D eigenvalue weighted by Crippen LogP contribution is 2.48. The molecule has 0 saturated carbocycles. The zero-order valence-corrected chi connectivity index (χ0v) is 9.02. The zero-order chi connectivity index (χ0) is 9.41. The maximum Gasteiger partial charge on any atom is 0.342 e. The first-order valence-electron chi connectivity index (χ1n) is 4.03. The second-order valence-corrected chi connectivity index (χ2v) is 6.56. The van der Waals surface area contributed by atoms with E-state index < -0.39 is 7.67 Å². The molecule has 0 aromatic rings. The van der Waals surface area contributed by atoms with Crippen molar-refractivity contribution < 1.29 is 9.09 Å². The second kappa shape index (κ2) is 3.11. The Bertz CT molecular complexity index is 201. The number of hydrogen-bond donors (Lipinski definition) is 1. The van der Waals surface area contributed by atoms with Gasteiger partial charge in [0, 0.05) is 12.0 Å². The van der Waals surface area contributed by atoms with Crippen LogP contribution < -0.4 is 5.09 Å². The van der Waals surface area contributed by atoms with E-state index in [1.165, 1.54) is 0 Å². The summed E-state index contributed by atoms with van der Waals surface area (Å²) < 4.78 is 18.7. The van der Waals surface area contributed by atoms with E-state index in [-0.39, 0.29) is 5.41 Å². The largest absolute Gasteiger partial charge is 0.342 e. The van der Waals surface area contributed by atoms with Crippen LogP contribution in [0.25, 0.3) is 0 Å². The molecule has 0 aromatic carbocycles. The fourth-order valence-electron chi connectivity index (χ4n) is 0.930. The minimum Gasteiger partial charge on any atom is -0.305 e. The van der Waals surface area contributed by atoms with E-state index in [0.29, 0.717) is 6.61 Å². The molecule has 1 atom stereocenters. The molecule has 0 amide bonds. The average Bonchev–Trinajstić information content (AvgIpc) is 1.96. The predicted octanol–water partition coefficient (Wildman–Crippen LogP) is 1.30. The summed E-state index contributed by atoms with van der Waals surface area (Å²) in [5, 5.41) is 2.94. The van der Waals surface area contributed by atoms with Gasteiger partial charge in [0.25, 0.3) is 0 Å².